The molecule has 10 heteroatoms. The van der Waals surface area contributed by atoms with E-state index in [-0.39, 0.29) is 12.5 Å². The second-order valence-electron chi connectivity index (χ2n) is 9.23. The number of benzene rings is 3. The third-order valence-corrected chi connectivity index (χ3v) is 8.86. The molecular weight excluding hydrogens is 541 g/mol. The lowest BCUT2D eigenvalue weighted by Gasteiger charge is -2.17. The van der Waals surface area contributed by atoms with Crippen LogP contribution in [0.25, 0.3) is 0 Å². The van der Waals surface area contributed by atoms with Crippen molar-refractivity contribution in [2.24, 2.45) is 4.99 Å². The van der Waals surface area contributed by atoms with Crippen molar-refractivity contribution in [1.82, 2.24) is 4.90 Å². The van der Waals surface area contributed by atoms with Crippen LogP contribution in [0.3, 0.4) is 0 Å². The second-order valence-corrected chi connectivity index (χ2v) is 11.2. The molecule has 0 bridgehead atoms. The van der Waals surface area contributed by atoms with Gasteiger partial charge in [-0.2, -0.15) is 5.26 Å². The Bertz CT molecular complexity index is 1520. The molecule has 0 spiro atoms. The van der Waals surface area contributed by atoms with Crippen molar-refractivity contribution in [3.8, 4) is 6.07 Å². The van der Waals surface area contributed by atoms with Gasteiger partial charge in [0.2, 0.25) is 0 Å². The molecule has 0 saturated carbocycles. The summed E-state index contributed by atoms with van der Waals surface area (Å²) in [6, 6.07) is 23.6. The molecule has 2 aliphatic rings. The molecule has 3 aromatic rings. The number of amides is 1. The van der Waals surface area contributed by atoms with Crippen molar-refractivity contribution in [2.45, 2.75) is 24.8 Å². The quantitative estimate of drug-likeness (QED) is 0.214. The predicted molar refractivity (Wildman–Crippen MR) is 165 cm³/mol. The first-order valence-electron chi connectivity index (χ1n) is 13.1. The average Bonchev–Trinajstić information content (AvgIpc) is 3.45. The number of carbonyl (C=O) groups excluding carboxylic acids is 1. The van der Waals surface area contributed by atoms with Crippen LogP contribution in [0.1, 0.15) is 24.5 Å². The van der Waals surface area contributed by atoms with Crippen LogP contribution < -0.4 is 15.5 Å². The number of rotatable bonds is 9. The van der Waals surface area contributed by atoms with Crippen LogP contribution in [0.5, 0.6) is 0 Å². The molecule has 5 rings (SSSR count). The number of aliphatic hydroxyl groups is 1. The number of carbonyl (C=O) groups is 1. The molecule has 0 atom stereocenters. The predicted octanol–water partition coefficient (Wildman–Crippen LogP) is 5.96. The van der Waals surface area contributed by atoms with Crippen LogP contribution >= 0.6 is 23.5 Å². The number of amidine groups is 1. The molecule has 3 aromatic carbocycles. The number of thioether (sulfide) groups is 2. The van der Waals surface area contributed by atoms with E-state index in [9.17, 15) is 10.1 Å². The molecule has 8 nitrogen and oxygen atoms in total. The van der Waals surface area contributed by atoms with E-state index in [1.165, 1.54) is 11.8 Å². The van der Waals surface area contributed by atoms with E-state index in [1.807, 2.05) is 62.5 Å². The van der Waals surface area contributed by atoms with Crippen LogP contribution in [0.2, 0.25) is 0 Å². The zero-order valence-corrected chi connectivity index (χ0v) is 24.0. The Morgan fingerprint density at radius 2 is 1.88 bits per heavy atom. The second kappa shape index (κ2) is 12.5. The fourth-order valence-electron chi connectivity index (χ4n) is 4.44. The van der Waals surface area contributed by atoms with Crippen molar-refractivity contribution in [3.05, 3.63) is 87.8 Å². The monoisotopic (exact) mass is 570 g/mol. The average molecular weight is 571 g/mol. The number of nitrogens with zero attached hydrogens (tertiary/aromatic N) is 4. The molecular formula is C30H30N6O2S2. The number of hydrogen-bond acceptors (Lipinski definition) is 9. The summed E-state index contributed by atoms with van der Waals surface area (Å²) >= 11 is 2.93. The van der Waals surface area contributed by atoms with Crippen molar-refractivity contribution in [2.75, 3.05) is 42.3 Å². The number of nitriles is 1. The highest BCUT2D eigenvalue weighted by Crippen LogP contribution is 2.51. The summed E-state index contributed by atoms with van der Waals surface area (Å²) in [4.78, 5) is 24.4. The van der Waals surface area contributed by atoms with E-state index in [0.29, 0.717) is 47.4 Å². The van der Waals surface area contributed by atoms with Gasteiger partial charge in [0, 0.05) is 37.3 Å². The minimum absolute atomic E-state index is 0.0995. The maximum absolute atomic E-state index is 14.0. The van der Waals surface area contributed by atoms with Gasteiger partial charge in [-0.1, -0.05) is 42.1 Å². The zero-order valence-electron chi connectivity index (χ0n) is 22.3. The maximum Gasteiger partial charge on any atom is 0.269 e. The van der Waals surface area contributed by atoms with Crippen LogP contribution in [0.15, 0.2) is 86.6 Å². The summed E-state index contributed by atoms with van der Waals surface area (Å²) < 4.78 is 0. The first-order chi connectivity index (χ1) is 19.5. The summed E-state index contributed by atoms with van der Waals surface area (Å²) in [6.07, 6.45) is 0.677. The lowest BCUT2D eigenvalue weighted by molar-refractivity contribution is -0.122. The van der Waals surface area contributed by atoms with Gasteiger partial charge in [-0.25, -0.2) is 4.99 Å². The Balaban J connectivity index is 1.53. The highest BCUT2D eigenvalue weighted by atomic mass is 32.2. The highest BCUT2D eigenvalue weighted by Gasteiger charge is 2.39. The smallest absolute Gasteiger partial charge is 0.269 e. The summed E-state index contributed by atoms with van der Waals surface area (Å²) in [5.41, 5.74) is 4.95. The van der Waals surface area contributed by atoms with Gasteiger partial charge in [-0.3, -0.25) is 9.69 Å². The molecule has 204 valence electrons. The number of hydrogen-bond donors (Lipinski definition) is 3. The molecule has 1 amide bonds. The van der Waals surface area contributed by atoms with E-state index >= 15 is 0 Å². The molecule has 0 unspecified atom stereocenters. The van der Waals surface area contributed by atoms with E-state index < -0.39 is 0 Å². The van der Waals surface area contributed by atoms with Crippen molar-refractivity contribution < 1.29 is 9.90 Å². The number of anilines is 3. The summed E-state index contributed by atoms with van der Waals surface area (Å²) in [7, 11) is 1.98. The first-order valence-corrected chi connectivity index (χ1v) is 14.7. The Morgan fingerprint density at radius 1 is 1.05 bits per heavy atom. The number of fused-ring (bicyclic) bond motifs is 1. The van der Waals surface area contributed by atoms with E-state index in [2.05, 4.69) is 27.7 Å². The SMILES string of the molecule is CCNc1ccc(C#N)cc1N=C1SC(=C2Sc3cc(NCCCO)ccc3N2C)C(=O)N1Cc1ccccc1. The minimum Gasteiger partial charge on any atom is -0.396 e. The normalized spacial score (nSPS) is 17.4. The molecule has 2 aliphatic heterocycles. The van der Waals surface area contributed by atoms with Gasteiger partial charge in [0.1, 0.15) is 4.91 Å². The summed E-state index contributed by atoms with van der Waals surface area (Å²) in [5, 5.41) is 26.7. The summed E-state index contributed by atoms with van der Waals surface area (Å²) in [6.45, 7) is 3.93. The Hall–Kier alpha value is -3.91. The number of aliphatic hydroxyl groups excluding tert-OH is 1. The molecule has 1 fully saturated rings. The fraction of sp³-hybridized carbons (Fsp3) is 0.233. The van der Waals surface area contributed by atoms with Crippen LogP contribution in [-0.2, 0) is 11.3 Å². The third kappa shape index (κ3) is 5.82. The summed E-state index contributed by atoms with van der Waals surface area (Å²) in [5.74, 6) is -0.0995. The standard InChI is InChI=1S/C30H30N6O2S2/c1-3-32-23-12-10-21(18-31)16-24(23)34-30-36(19-20-8-5-4-6-9-20)28(38)27(40-30)29-35(2)25-13-11-22(17-26(25)39-29)33-14-7-15-37/h4-6,8-13,16-17,32-33,37H,3,7,14-15,19H2,1-2H3. The van der Waals surface area contributed by atoms with E-state index in [1.54, 1.807) is 28.8 Å². The van der Waals surface area contributed by atoms with Gasteiger partial charge in [0.05, 0.1) is 40.3 Å². The van der Waals surface area contributed by atoms with E-state index in [0.717, 1.165) is 32.6 Å². The topological polar surface area (TPSA) is 104 Å². The fourth-order valence-corrected chi connectivity index (χ4v) is 6.81. The highest BCUT2D eigenvalue weighted by molar-refractivity contribution is 8.19. The van der Waals surface area contributed by atoms with Crippen LogP contribution in [0.4, 0.5) is 22.7 Å². The van der Waals surface area contributed by atoms with Gasteiger partial charge in [-0.05, 0) is 67.1 Å². The number of aliphatic imine (C=N–C) groups is 1. The third-order valence-electron chi connectivity index (χ3n) is 6.45. The minimum atomic E-state index is -0.0995. The van der Waals surface area contributed by atoms with Gasteiger partial charge in [0.25, 0.3) is 5.91 Å². The molecule has 3 N–H and O–H groups in total. The Kier molecular flexibility index (Phi) is 8.65. The van der Waals surface area contributed by atoms with Crippen LogP contribution in [-0.4, -0.2) is 47.8 Å². The van der Waals surface area contributed by atoms with Crippen LogP contribution in [0, 0.1) is 11.3 Å². The molecule has 40 heavy (non-hydrogen) atoms. The van der Waals surface area contributed by atoms with Gasteiger partial charge in [0.15, 0.2) is 5.17 Å². The largest absolute Gasteiger partial charge is 0.396 e. The lowest BCUT2D eigenvalue weighted by atomic mass is 10.2. The molecule has 0 aromatic heterocycles. The van der Waals surface area contributed by atoms with E-state index in [4.69, 9.17) is 10.1 Å². The number of nitrogens with one attached hydrogen (secondary N) is 2. The van der Waals surface area contributed by atoms with Crippen molar-refractivity contribution in [3.63, 3.8) is 0 Å². The lowest BCUT2D eigenvalue weighted by Crippen LogP contribution is -2.29. The van der Waals surface area contributed by atoms with Gasteiger partial charge in [-0.15, -0.1) is 0 Å². The Morgan fingerprint density at radius 3 is 2.62 bits per heavy atom. The zero-order chi connectivity index (χ0) is 28.1. The van der Waals surface area contributed by atoms with Crippen molar-refractivity contribution >= 4 is 57.3 Å². The van der Waals surface area contributed by atoms with Gasteiger partial charge >= 0.3 is 0 Å². The molecule has 0 radical (unpaired) electrons. The molecule has 1 saturated heterocycles. The maximum atomic E-state index is 14.0. The molecule has 2 heterocycles. The van der Waals surface area contributed by atoms with Crippen molar-refractivity contribution in [1.29, 1.82) is 5.26 Å². The molecule has 0 aliphatic carbocycles. The Labute approximate surface area is 242 Å². The first kappa shape index (κ1) is 27.6. The van der Waals surface area contributed by atoms with Gasteiger partial charge < -0.3 is 20.6 Å².